The number of rotatable bonds is 3. The highest BCUT2D eigenvalue weighted by Crippen LogP contribution is 2.28. The molecule has 0 aromatic heterocycles. The number of carboxylic acids is 1. The third-order valence-corrected chi connectivity index (χ3v) is 2.85. The van der Waals surface area contributed by atoms with Gasteiger partial charge in [0.05, 0.1) is 5.69 Å². The Morgan fingerprint density at radius 1 is 1.35 bits per heavy atom. The lowest BCUT2D eigenvalue weighted by Crippen LogP contribution is -2.20. The van der Waals surface area contributed by atoms with Crippen LogP contribution in [0.2, 0.25) is 0 Å². The van der Waals surface area contributed by atoms with E-state index in [2.05, 4.69) is 0 Å². The van der Waals surface area contributed by atoms with Crippen molar-refractivity contribution < 1.29 is 14.3 Å². The van der Waals surface area contributed by atoms with E-state index < -0.39 is 5.97 Å². The highest BCUT2D eigenvalue weighted by molar-refractivity contribution is 5.87. The highest BCUT2D eigenvalue weighted by Gasteiger charge is 2.18. The molecule has 0 radical (unpaired) electrons. The molecule has 1 aliphatic heterocycles. The molecule has 3 nitrogen and oxygen atoms in total. The topological polar surface area (TPSA) is 40.5 Å². The van der Waals surface area contributed by atoms with Crippen molar-refractivity contribution in [3.05, 3.63) is 35.7 Å². The summed E-state index contributed by atoms with van der Waals surface area (Å²) < 4.78 is 13.8. The van der Waals surface area contributed by atoms with Gasteiger partial charge in [0.2, 0.25) is 0 Å². The number of hydrogen-bond acceptors (Lipinski definition) is 2. The summed E-state index contributed by atoms with van der Waals surface area (Å²) in [5.41, 5.74) is 1.14. The van der Waals surface area contributed by atoms with Crippen LogP contribution in [-0.2, 0) is 4.79 Å². The van der Waals surface area contributed by atoms with Crippen LogP contribution in [0.5, 0.6) is 0 Å². The van der Waals surface area contributed by atoms with E-state index in [-0.39, 0.29) is 5.82 Å². The maximum absolute atomic E-state index is 13.8. The summed E-state index contributed by atoms with van der Waals surface area (Å²) in [5.74, 6) is -1.32. The molecule has 0 spiro atoms. The van der Waals surface area contributed by atoms with Gasteiger partial charge in [0, 0.05) is 24.7 Å². The van der Waals surface area contributed by atoms with Crippen LogP contribution < -0.4 is 4.90 Å². The third-order valence-electron chi connectivity index (χ3n) is 2.85. The van der Waals surface area contributed by atoms with Gasteiger partial charge in [-0.1, -0.05) is 12.1 Å². The van der Waals surface area contributed by atoms with Crippen molar-refractivity contribution in [2.75, 3.05) is 18.0 Å². The van der Waals surface area contributed by atoms with Crippen LogP contribution in [0, 0.1) is 5.82 Å². The minimum Gasteiger partial charge on any atom is -0.478 e. The Bertz CT molecular complexity index is 451. The SMILES string of the molecule is O=C(O)/C=C/c1cccc(F)c1N1CCCC1. The smallest absolute Gasteiger partial charge is 0.328 e. The average Bonchev–Trinajstić information content (AvgIpc) is 2.79. The Labute approximate surface area is 99.2 Å². The monoisotopic (exact) mass is 235 g/mol. The lowest BCUT2D eigenvalue weighted by atomic mass is 10.1. The first kappa shape index (κ1) is 11.6. The predicted octanol–water partition coefficient (Wildman–Crippen LogP) is 2.52. The van der Waals surface area contributed by atoms with Gasteiger partial charge in [-0.15, -0.1) is 0 Å². The second-order valence-electron chi connectivity index (χ2n) is 4.04. The normalized spacial score (nSPS) is 15.7. The zero-order chi connectivity index (χ0) is 12.3. The number of aliphatic carboxylic acids is 1. The summed E-state index contributed by atoms with van der Waals surface area (Å²) in [7, 11) is 0. The molecule has 1 N–H and O–H groups in total. The van der Waals surface area contributed by atoms with E-state index in [0.717, 1.165) is 32.0 Å². The van der Waals surface area contributed by atoms with Gasteiger partial charge in [-0.3, -0.25) is 0 Å². The maximum atomic E-state index is 13.8. The number of hydrogen-bond donors (Lipinski definition) is 1. The minimum absolute atomic E-state index is 0.292. The molecule has 90 valence electrons. The Balaban J connectivity index is 2.37. The van der Waals surface area contributed by atoms with E-state index in [1.807, 2.05) is 4.90 Å². The van der Waals surface area contributed by atoms with Gasteiger partial charge >= 0.3 is 5.97 Å². The summed E-state index contributed by atoms with van der Waals surface area (Å²) in [6, 6.07) is 4.73. The van der Waals surface area contributed by atoms with Gasteiger partial charge in [-0.2, -0.15) is 0 Å². The molecule has 1 fully saturated rings. The molecule has 1 heterocycles. The van der Waals surface area contributed by atoms with Gasteiger partial charge in [0.15, 0.2) is 0 Å². The number of anilines is 1. The molecular weight excluding hydrogens is 221 g/mol. The second kappa shape index (κ2) is 4.99. The fourth-order valence-corrected chi connectivity index (χ4v) is 2.10. The van der Waals surface area contributed by atoms with Crippen LogP contribution >= 0.6 is 0 Å². The van der Waals surface area contributed by atoms with Crippen LogP contribution in [0.1, 0.15) is 18.4 Å². The van der Waals surface area contributed by atoms with Crippen LogP contribution in [0.3, 0.4) is 0 Å². The largest absolute Gasteiger partial charge is 0.478 e. The molecule has 0 saturated carbocycles. The third kappa shape index (κ3) is 2.64. The van der Waals surface area contributed by atoms with Crippen molar-refractivity contribution in [2.24, 2.45) is 0 Å². The van der Waals surface area contributed by atoms with Crippen molar-refractivity contribution in [1.82, 2.24) is 0 Å². The number of benzene rings is 1. The Hall–Kier alpha value is -1.84. The quantitative estimate of drug-likeness (QED) is 0.818. The molecular formula is C13H14FNO2. The van der Waals surface area contributed by atoms with E-state index in [1.54, 1.807) is 12.1 Å². The second-order valence-corrected chi connectivity index (χ2v) is 4.04. The molecule has 1 aliphatic rings. The van der Waals surface area contributed by atoms with Crippen LogP contribution in [-0.4, -0.2) is 24.2 Å². The van der Waals surface area contributed by atoms with E-state index in [0.29, 0.717) is 11.3 Å². The van der Waals surface area contributed by atoms with Crippen LogP contribution in [0.15, 0.2) is 24.3 Å². The number of carboxylic acid groups (broad SMARTS) is 1. The number of carbonyl (C=O) groups is 1. The highest BCUT2D eigenvalue weighted by atomic mass is 19.1. The van der Waals surface area contributed by atoms with Crippen molar-refractivity contribution in [2.45, 2.75) is 12.8 Å². The summed E-state index contributed by atoms with van der Waals surface area (Å²) >= 11 is 0. The first-order valence-electron chi connectivity index (χ1n) is 5.63. The van der Waals surface area contributed by atoms with E-state index >= 15 is 0 Å². The lowest BCUT2D eigenvalue weighted by Gasteiger charge is -2.20. The van der Waals surface area contributed by atoms with Crippen molar-refractivity contribution in [1.29, 1.82) is 0 Å². The Morgan fingerprint density at radius 3 is 2.71 bits per heavy atom. The molecule has 0 amide bonds. The molecule has 2 rings (SSSR count). The molecule has 1 aromatic carbocycles. The molecule has 0 bridgehead atoms. The zero-order valence-electron chi connectivity index (χ0n) is 9.40. The molecule has 0 aliphatic carbocycles. The lowest BCUT2D eigenvalue weighted by molar-refractivity contribution is -0.131. The summed E-state index contributed by atoms with van der Waals surface area (Å²) in [4.78, 5) is 12.5. The van der Waals surface area contributed by atoms with E-state index in [9.17, 15) is 9.18 Å². The molecule has 0 unspecified atom stereocenters. The molecule has 4 heteroatoms. The van der Waals surface area contributed by atoms with Crippen molar-refractivity contribution >= 4 is 17.7 Å². The number of nitrogens with zero attached hydrogens (tertiary/aromatic N) is 1. The first-order chi connectivity index (χ1) is 8.18. The van der Waals surface area contributed by atoms with Gasteiger partial charge in [0.25, 0.3) is 0 Å². The molecule has 0 atom stereocenters. The standard InChI is InChI=1S/C13H14FNO2/c14-11-5-3-4-10(6-7-12(16)17)13(11)15-8-1-2-9-15/h3-7H,1-2,8-9H2,(H,16,17)/b7-6+. The molecule has 1 saturated heterocycles. The summed E-state index contributed by atoms with van der Waals surface area (Å²) in [6.45, 7) is 1.66. The van der Waals surface area contributed by atoms with Crippen molar-refractivity contribution in [3.63, 3.8) is 0 Å². The van der Waals surface area contributed by atoms with E-state index in [4.69, 9.17) is 5.11 Å². The van der Waals surface area contributed by atoms with Gasteiger partial charge in [-0.05, 0) is 25.0 Å². The van der Waals surface area contributed by atoms with E-state index in [1.165, 1.54) is 12.1 Å². The van der Waals surface area contributed by atoms with Gasteiger partial charge < -0.3 is 10.0 Å². The van der Waals surface area contributed by atoms with Crippen LogP contribution in [0.4, 0.5) is 10.1 Å². The van der Waals surface area contributed by atoms with Gasteiger partial charge in [-0.25, -0.2) is 9.18 Å². The summed E-state index contributed by atoms with van der Waals surface area (Å²) in [6.07, 6.45) is 4.58. The maximum Gasteiger partial charge on any atom is 0.328 e. The molecule has 17 heavy (non-hydrogen) atoms. The van der Waals surface area contributed by atoms with Gasteiger partial charge in [0.1, 0.15) is 5.82 Å². The molecule has 1 aromatic rings. The minimum atomic E-state index is -1.03. The average molecular weight is 235 g/mol. The predicted molar refractivity (Wildman–Crippen MR) is 64.5 cm³/mol. The zero-order valence-corrected chi connectivity index (χ0v) is 9.40. The fourth-order valence-electron chi connectivity index (χ4n) is 2.10. The van der Waals surface area contributed by atoms with Crippen molar-refractivity contribution in [3.8, 4) is 0 Å². The Kier molecular flexibility index (Phi) is 3.42. The Morgan fingerprint density at radius 2 is 2.06 bits per heavy atom. The first-order valence-corrected chi connectivity index (χ1v) is 5.63. The fraction of sp³-hybridized carbons (Fsp3) is 0.308. The number of para-hydroxylation sites is 1. The van der Waals surface area contributed by atoms with Crippen LogP contribution in [0.25, 0.3) is 6.08 Å². The number of halogens is 1. The summed E-state index contributed by atoms with van der Waals surface area (Å²) in [5, 5.41) is 8.61.